The van der Waals surface area contributed by atoms with Crippen LogP contribution in [0.5, 0.6) is 0 Å². The number of hydrogen-bond acceptors (Lipinski definition) is 4. The lowest BCUT2D eigenvalue weighted by Gasteiger charge is -2.24. The number of amides is 1. The number of fused-ring (bicyclic) bond motifs is 1. The van der Waals surface area contributed by atoms with Crippen molar-refractivity contribution < 1.29 is 9.21 Å². The molecule has 0 bridgehead atoms. The zero-order valence-electron chi connectivity index (χ0n) is 13.7. The fourth-order valence-electron chi connectivity index (χ4n) is 3.59. The number of carbonyl (C=O) groups excluding carboxylic acids is 1. The smallest absolute Gasteiger partial charge is 0.227 e. The fraction of sp³-hybridized carbons (Fsp3) is 0.389. The maximum absolute atomic E-state index is 12.9. The molecule has 1 amide bonds. The van der Waals surface area contributed by atoms with Crippen molar-refractivity contribution >= 4 is 16.9 Å². The van der Waals surface area contributed by atoms with Crippen LogP contribution in [-0.4, -0.2) is 38.4 Å². The van der Waals surface area contributed by atoms with E-state index in [9.17, 15) is 4.79 Å². The number of carbonyl (C=O) groups is 1. The summed E-state index contributed by atoms with van der Waals surface area (Å²) in [6, 6.07) is 8.09. The molecule has 2 aromatic heterocycles. The Morgan fingerprint density at radius 3 is 3.08 bits per heavy atom. The first-order valence-corrected chi connectivity index (χ1v) is 8.33. The van der Waals surface area contributed by atoms with E-state index in [1.165, 1.54) is 0 Å². The number of benzene rings is 1. The van der Waals surface area contributed by atoms with Gasteiger partial charge < -0.3 is 9.32 Å². The maximum Gasteiger partial charge on any atom is 0.227 e. The van der Waals surface area contributed by atoms with Gasteiger partial charge in [-0.3, -0.25) is 9.48 Å². The van der Waals surface area contributed by atoms with Gasteiger partial charge in [-0.05, 0) is 25.8 Å². The number of nitrogens with zero attached hydrogens (tertiary/aromatic N) is 4. The summed E-state index contributed by atoms with van der Waals surface area (Å²) < 4.78 is 7.58. The molecule has 3 heterocycles. The lowest BCUT2D eigenvalue weighted by atomic mass is 10.1. The number of furan rings is 1. The topological polar surface area (TPSA) is 64.2 Å². The molecule has 6 heteroatoms. The molecule has 0 unspecified atom stereocenters. The van der Waals surface area contributed by atoms with Gasteiger partial charge in [-0.25, -0.2) is 0 Å². The van der Waals surface area contributed by atoms with E-state index < -0.39 is 0 Å². The second-order valence-corrected chi connectivity index (χ2v) is 6.32. The molecule has 1 aromatic carbocycles. The Morgan fingerprint density at radius 1 is 1.38 bits per heavy atom. The van der Waals surface area contributed by atoms with Gasteiger partial charge in [0.15, 0.2) is 0 Å². The highest BCUT2D eigenvalue weighted by molar-refractivity contribution is 5.88. The van der Waals surface area contributed by atoms with Gasteiger partial charge in [-0.15, -0.1) is 5.10 Å². The van der Waals surface area contributed by atoms with Crippen LogP contribution in [0.25, 0.3) is 11.0 Å². The van der Waals surface area contributed by atoms with Crippen molar-refractivity contribution in [3.8, 4) is 0 Å². The third-order valence-electron chi connectivity index (χ3n) is 4.80. The van der Waals surface area contributed by atoms with Crippen LogP contribution in [0.1, 0.15) is 24.2 Å². The number of likely N-dealkylation sites (tertiary alicyclic amines) is 1. The Morgan fingerprint density at radius 2 is 2.25 bits per heavy atom. The molecule has 1 saturated heterocycles. The molecule has 0 spiro atoms. The highest BCUT2D eigenvalue weighted by Crippen LogP contribution is 2.27. The van der Waals surface area contributed by atoms with E-state index >= 15 is 0 Å². The van der Waals surface area contributed by atoms with Crippen molar-refractivity contribution in [3.63, 3.8) is 0 Å². The molecule has 0 saturated carbocycles. The average Bonchev–Trinajstić information content (AvgIpc) is 3.30. The molecule has 0 radical (unpaired) electrons. The first-order valence-electron chi connectivity index (χ1n) is 8.33. The summed E-state index contributed by atoms with van der Waals surface area (Å²) in [7, 11) is 0. The predicted octanol–water partition coefficient (Wildman–Crippen LogP) is 2.57. The number of para-hydroxylation sites is 1. The Balaban J connectivity index is 1.53. The lowest BCUT2D eigenvalue weighted by molar-refractivity contribution is -0.131. The van der Waals surface area contributed by atoms with Gasteiger partial charge in [0.25, 0.3) is 0 Å². The summed E-state index contributed by atoms with van der Waals surface area (Å²) in [5, 5.41) is 8.89. The quantitative estimate of drug-likeness (QED) is 0.740. The molecule has 1 fully saturated rings. The van der Waals surface area contributed by atoms with E-state index in [1.807, 2.05) is 42.3 Å². The van der Waals surface area contributed by atoms with Gasteiger partial charge in [0.1, 0.15) is 11.3 Å². The van der Waals surface area contributed by atoms with Gasteiger partial charge in [0.2, 0.25) is 5.91 Å². The number of hydrogen-bond donors (Lipinski definition) is 0. The van der Waals surface area contributed by atoms with Gasteiger partial charge in [-0.1, -0.05) is 23.4 Å². The molecular weight excluding hydrogens is 304 g/mol. The molecule has 4 rings (SSSR count). The number of aryl methyl sites for hydroxylation is 1. The monoisotopic (exact) mass is 324 g/mol. The second kappa shape index (κ2) is 6.11. The second-order valence-electron chi connectivity index (χ2n) is 6.32. The molecule has 3 aromatic rings. The summed E-state index contributed by atoms with van der Waals surface area (Å²) in [5.41, 5.74) is 1.85. The molecule has 0 aliphatic carbocycles. The molecule has 1 atom stereocenters. The first-order chi connectivity index (χ1) is 11.7. The van der Waals surface area contributed by atoms with E-state index in [2.05, 4.69) is 10.3 Å². The van der Waals surface area contributed by atoms with Crippen LogP contribution in [0.15, 0.2) is 41.1 Å². The van der Waals surface area contributed by atoms with E-state index in [-0.39, 0.29) is 11.9 Å². The van der Waals surface area contributed by atoms with Gasteiger partial charge >= 0.3 is 0 Å². The largest absolute Gasteiger partial charge is 0.461 e. The molecule has 24 heavy (non-hydrogen) atoms. The van der Waals surface area contributed by atoms with Crippen LogP contribution in [0, 0.1) is 6.92 Å². The minimum atomic E-state index is 0.160. The minimum Gasteiger partial charge on any atom is -0.461 e. The van der Waals surface area contributed by atoms with Crippen LogP contribution in [0.2, 0.25) is 0 Å². The Labute approximate surface area is 140 Å². The summed E-state index contributed by atoms with van der Waals surface area (Å²) in [4.78, 5) is 14.9. The normalized spacial score (nSPS) is 17.7. The third kappa shape index (κ3) is 2.68. The maximum atomic E-state index is 12.9. The van der Waals surface area contributed by atoms with Crippen molar-refractivity contribution in [2.75, 3.05) is 6.54 Å². The molecule has 124 valence electrons. The Kier molecular flexibility index (Phi) is 3.80. The van der Waals surface area contributed by atoms with Crippen LogP contribution < -0.4 is 0 Å². The Bertz CT molecular complexity index is 853. The zero-order valence-corrected chi connectivity index (χ0v) is 13.7. The van der Waals surface area contributed by atoms with Crippen molar-refractivity contribution in [1.29, 1.82) is 0 Å². The van der Waals surface area contributed by atoms with E-state index in [0.717, 1.165) is 41.7 Å². The van der Waals surface area contributed by atoms with Crippen molar-refractivity contribution in [3.05, 3.63) is 48.0 Å². The van der Waals surface area contributed by atoms with Gasteiger partial charge in [0.05, 0.1) is 25.2 Å². The van der Waals surface area contributed by atoms with Crippen LogP contribution >= 0.6 is 0 Å². The van der Waals surface area contributed by atoms with Gasteiger partial charge in [0, 0.05) is 23.7 Å². The molecule has 6 nitrogen and oxygen atoms in total. The average molecular weight is 324 g/mol. The summed E-state index contributed by atoms with van der Waals surface area (Å²) in [6.07, 6.45) is 5.94. The highest BCUT2D eigenvalue weighted by atomic mass is 16.3. The Hall–Kier alpha value is -2.63. The molecule has 1 aliphatic rings. The van der Waals surface area contributed by atoms with Crippen LogP contribution in [0.3, 0.4) is 0 Å². The van der Waals surface area contributed by atoms with E-state index in [1.54, 1.807) is 10.9 Å². The fourth-order valence-corrected chi connectivity index (χ4v) is 3.59. The number of rotatable bonds is 4. The van der Waals surface area contributed by atoms with E-state index in [4.69, 9.17) is 4.42 Å². The SMILES string of the molecule is Cc1oc2ccccc2c1CC(=O)N1CCC[C@H]1Cn1ccnn1. The zero-order chi connectivity index (χ0) is 16.5. The standard InChI is InChI=1S/C18H20N4O2/c1-13-16(15-6-2-3-7-17(15)24-13)11-18(23)22-9-4-5-14(22)12-21-10-8-19-20-21/h2-3,6-8,10,14H,4-5,9,11-12H2,1H3/t14-/m0/s1. The summed E-state index contributed by atoms with van der Waals surface area (Å²) in [5.74, 6) is 0.990. The molecular formula is C18H20N4O2. The van der Waals surface area contributed by atoms with Crippen molar-refractivity contribution in [1.82, 2.24) is 19.9 Å². The van der Waals surface area contributed by atoms with Crippen LogP contribution in [0.4, 0.5) is 0 Å². The predicted molar refractivity (Wildman–Crippen MR) is 89.4 cm³/mol. The molecule has 0 N–H and O–H groups in total. The third-order valence-corrected chi connectivity index (χ3v) is 4.80. The first kappa shape index (κ1) is 14.9. The summed E-state index contributed by atoms with van der Waals surface area (Å²) in [6.45, 7) is 3.45. The van der Waals surface area contributed by atoms with E-state index in [0.29, 0.717) is 13.0 Å². The van der Waals surface area contributed by atoms with Crippen LogP contribution in [-0.2, 0) is 17.8 Å². The molecule has 1 aliphatic heterocycles. The van der Waals surface area contributed by atoms with Crippen molar-refractivity contribution in [2.45, 2.75) is 38.8 Å². The summed E-state index contributed by atoms with van der Waals surface area (Å²) >= 11 is 0. The lowest BCUT2D eigenvalue weighted by Crippen LogP contribution is -2.39. The number of aromatic nitrogens is 3. The highest BCUT2D eigenvalue weighted by Gasteiger charge is 2.30. The minimum absolute atomic E-state index is 0.160. The van der Waals surface area contributed by atoms with Gasteiger partial charge in [-0.2, -0.15) is 0 Å². The van der Waals surface area contributed by atoms with Crippen molar-refractivity contribution in [2.24, 2.45) is 0 Å².